The zero-order valence-electron chi connectivity index (χ0n) is 17.3. The Balaban J connectivity index is 1.54. The van der Waals surface area contributed by atoms with Crippen LogP contribution in [0.25, 0.3) is 0 Å². The molecule has 0 aliphatic carbocycles. The highest BCUT2D eigenvalue weighted by Gasteiger charge is 2.30. The lowest BCUT2D eigenvalue weighted by Gasteiger charge is -2.32. The molecule has 1 N–H and O–H groups in total. The van der Waals surface area contributed by atoms with Crippen LogP contribution in [0.4, 0.5) is 0 Å². The predicted molar refractivity (Wildman–Crippen MR) is 114 cm³/mol. The van der Waals surface area contributed by atoms with Gasteiger partial charge in [-0.15, -0.1) is 0 Å². The van der Waals surface area contributed by atoms with E-state index in [2.05, 4.69) is 17.1 Å². The van der Waals surface area contributed by atoms with E-state index in [0.717, 1.165) is 23.0 Å². The third-order valence-electron chi connectivity index (χ3n) is 5.24. The molecule has 2 aromatic rings. The van der Waals surface area contributed by atoms with Gasteiger partial charge in [0.1, 0.15) is 0 Å². The molecular formula is C22H29N3O3S. The predicted octanol–water partition coefficient (Wildman–Crippen LogP) is 3.59. The van der Waals surface area contributed by atoms with E-state index in [9.17, 15) is 9.59 Å². The van der Waals surface area contributed by atoms with Crippen LogP contribution in [0.5, 0.6) is 0 Å². The lowest BCUT2D eigenvalue weighted by Crippen LogP contribution is -2.43. The zero-order valence-corrected chi connectivity index (χ0v) is 18.1. The van der Waals surface area contributed by atoms with Crippen LogP contribution in [-0.2, 0) is 20.7 Å². The molecule has 0 spiro atoms. The van der Waals surface area contributed by atoms with Gasteiger partial charge < -0.3 is 14.6 Å². The van der Waals surface area contributed by atoms with Crippen LogP contribution in [0.15, 0.2) is 35.5 Å². The molecule has 0 saturated carbocycles. The number of aromatic nitrogens is 2. The Hall–Kier alpha value is -2.28. The molecule has 1 amide bonds. The summed E-state index contributed by atoms with van der Waals surface area (Å²) >= 11 is 1.46. The van der Waals surface area contributed by atoms with E-state index in [1.54, 1.807) is 0 Å². The molecular weight excluding hydrogens is 386 g/mol. The fourth-order valence-electron chi connectivity index (χ4n) is 3.55. The fraction of sp³-hybridized carbons (Fsp3) is 0.500. The maximum absolute atomic E-state index is 12.8. The van der Waals surface area contributed by atoms with Gasteiger partial charge in [-0.1, -0.05) is 42.1 Å². The Kier molecular flexibility index (Phi) is 7.36. The van der Waals surface area contributed by atoms with Crippen LogP contribution in [0, 0.1) is 12.8 Å². The van der Waals surface area contributed by atoms with Crippen LogP contribution < -0.4 is 0 Å². The van der Waals surface area contributed by atoms with Crippen molar-refractivity contribution in [2.45, 2.75) is 50.4 Å². The highest BCUT2D eigenvalue weighted by atomic mass is 32.2. The van der Waals surface area contributed by atoms with Gasteiger partial charge in [0.05, 0.1) is 23.5 Å². The Labute approximate surface area is 176 Å². The van der Waals surface area contributed by atoms with Crippen molar-refractivity contribution in [3.63, 3.8) is 0 Å². The number of likely N-dealkylation sites (tertiary alicyclic amines) is 1. The van der Waals surface area contributed by atoms with Crippen LogP contribution in [0.2, 0.25) is 0 Å². The minimum atomic E-state index is -0.232. The van der Waals surface area contributed by atoms with Gasteiger partial charge in [0.15, 0.2) is 5.16 Å². The largest absolute Gasteiger partial charge is 0.466 e. The molecule has 0 radical (unpaired) electrons. The van der Waals surface area contributed by atoms with Gasteiger partial charge in [-0.25, -0.2) is 4.98 Å². The number of hydrogen-bond acceptors (Lipinski definition) is 5. The number of nitrogens with zero attached hydrogens (tertiary/aromatic N) is 2. The highest BCUT2D eigenvalue weighted by molar-refractivity contribution is 8.00. The number of benzene rings is 1. The van der Waals surface area contributed by atoms with Gasteiger partial charge in [-0.2, -0.15) is 0 Å². The summed E-state index contributed by atoms with van der Waals surface area (Å²) in [5.74, 6) is -0.134. The van der Waals surface area contributed by atoms with E-state index in [4.69, 9.17) is 9.72 Å². The van der Waals surface area contributed by atoms with Crippen LogP contribution in [0.3, 0.4) is 0 Å². The lowest BCUT2D eigenvalue weighted by molar-refractivity contribution is -0.151. The molecule has 3 rings (SSSR count). The molecule has 0 unspecified atom stereocenters. The van der Waals surface area contributed by atoms with Gasteiger partial charge in [0.25, 0.3) is 0 Å². The summed E-state index contributed by atoms with van der Waals surface area (Å²) in [6, 6.07) is 10.2. The first-order valence-electron chi connectivity index (χ1n) is 10.2. The third-order valence-corrected chi connectivity index (χ3v) is 6.21. The van der Waals surface area contributed by atoms with E-state index in [1.807, 2.05) is 43.9 Å². The summed E-state index contributed by atoms with van der Waals surface area (Å²) in [5.41, 5.74) is 3.26. The molecule has 156 valence electrons. The quantitative estimate of drug-likeness (QED) is 0.552. The molecule has 7 heteroatoms. The summed E-state index contributed by atoms with van der Waals surface area (Å²) in [4.78, 5) is 34.6. The number of esters is 1. The topological polar surface area (TPSA) is 75.3 Å². The van der Waals surface area contributed by atoms with Crippen molar-refractivity contribution in [1.82, 2.24) is 14.9 Å². The smallest absolute Gasteiger partial charge is 0.309 e. The van der Waals surface area contributed by atoms with E-state index < -0.39 is 0 Å². The zero-order chi connectivity index (χ0) is 20.8. The second kappa shape index (κ2) is 9.96. The van der Waals surface area contributed by atoms with E-state index >= 15 is 0 Å². The second-order valence-electron chi connectivity index (χ2n) is 7.39. The van der Waals surface area contributed by atoms with Crippen molar-refractivity contribution in [3.8, 4) is 0 Å². The van der Waals surface area contributed by atoms with Gasteiger partial charge in [-0.3, -0.25) is 9.59 Å². The summed E-state index contributed by atoms with van der Waals surface area (Å²) in [6.07, 6.45) is 2.11. The minimum absolute atomic E-state index is 0.0878. The SMILES string of the molecule is CCOC(=O)C1CCN(C(=O)[C@@H](C)Sc2nc(Cc3ccccc3)c(C)[nH]2)CC1. The van der Waals surface area contributed by atoms with Crippen molar-refractivity contribution in [2.24, 2.45) is 5.92 Å². The van der Waals surface area contributed by atoms with E-state index in [-0.39, 0.29) is 23.0 Å². The first-order chi connectivity index (χ1) is 14.0. The van der Waals surface area contributed by atoms with Gasteiger partial charge in [0, 0.05) is 25.2 Å². The molecule has 1 aromatic heterocycles. The normalized spacial score (nSPS) is 15.9. The third kappa shape index (κ3) is 5.63. The number of hydrogen-bond donors (Lipinski definition) is 1. The van der Waals surface area contributed by atoms with Gasteiger partial charge >= 0.3 is 5.97 Å². The first-order valence-corrected chi connectivity index (χ1v) is 11.1. The number of aromatic amines is 1. The van der Waals surface area contributed by atoms with E-state index in [0.29, 0.717) is 32.5 Å². The molecule has 6 nitrogen and oxygen atoms in total. The molecule has 1 atom stereocenters. The van der Waals surface area contributed by atoms with Crippen molar-refractivity contribution in [1.29, 1.82) is 0 Å². The molecule has 1 fully saturated rings. The Morgan fingerprint density at radius 1 is 1.28 bits per heavy atom. The summed E-state index contributed by atoms with van der Waals surface area (Å²) in [6.45, 7) is 7.35. The minimum Gasteiger partial charge on any atom is -0.466 e. The lowest BCUT2D eigenvalue weighted by atomic mass is 9.97. The summed E-state index contributed by atoms with van der Waals surface area (Å²) < 4.78 is 5.10. The van der Waals surface area contributed by atoms with Crippen LogP contribution >= 0.6 is 11.8 Å². The van der Waals surface area contributed by atoms with Crippen molar-refractivity contribution in [2.75, 3.05) is 19.7 Å². The molecule has 2 heterocycles. The van der Waals surface area contributed by atoms with Gasteiger partial charge in [-0.05, 0) is 39.2 Å². The number of piperidine rings is 1. The standard InChI is InChI=1S/C22H29N3O3S/c1-4-28-21(27)18-10-12-25(13-11-18)20(26)16(3)29-22-23-15(2)19(24-22)14-17-8-6-5-7-9-17/h5-9,16,18H,4,10-14H2,1-3H3,(H,23,24)/t16-/m1/s1. The molecule has 29 heavy (non-hydrogen) atoms. The molecule has 1 aromatic carbocycles. The number of carbonyl (C=O) groups is 2. The van der Waals surface area contributed by atoms with Gasteiger partial charge in [0.2, 0.25) is 5.91 Å². The first kappa shape index (κ1) is 21.4. The second-order valence-corrected chi connectivity index (χ2v) is 8.72. The maximum Gasteiger partial charge on any atom is 0.309 e. The van der Waals surface area contributed by atoms with Crippen LogP contribution in [0.1, 0.15) is 43.6 Å². The Morgan fingerprint density at radius 3 is 2.62 bits per heavy atom. The highest BCUT2D eigenvalue weighted by Crippen LogP contribution is 2.26. The molecule has 1 saturated heterocycles. The number of nitrogens with one attached hydrogen (secondary N) is 1. The van der Waals surface area contributed by atoms with Crippen molar-refractivity contribution < 1.29 is 14.3 Å². The summed E-state index contributed by atoms with van der Waals surface area (Å²) in [7, 11) is 0. The van der Waals surface area contributed by atoms with Crippen LogP contribution in [-0.4, -0.2) is 51.7 Å². The number of imidazole rings is 1. The Morgan fingerprint density at radius 2 is 1.97 bits per heavy atom. The van der Waals surface area contributed by atoms with Crippen molar-refractivity contribution >= 4 is 23.6 Å². The Bertz CT molecular complexity index is 829. The molecule has 1 aliphatic rings. The number of ether oxygens (including phenoxy) is 1. The number of carbonyl (C=O) groups excluding carboxylic acids is 2. The van der Waals surface area contributed by atoms with E-state index in [1.165, 1.54) is 17.3 Å². The number of amides is 1. The number of rotatable bonds is 7. The number of aryl methyl sites for hydroxylation is 1. The van der Waals surface area contributed by atoms with Crippen molar-refractivity contribution in [3.05, 3.63) is 47.3 Å². The summed E-state index contributed by atoms with van der Waals surface area (Å²) in [5, 5.41) is 0.542. The fourth-order valence-corrected chi connectivity index (χ4v) is 4.51. The average molecular weight is 416 g/mol. The molecule has 0 bridgehead atoms. The monoisotopic (exact) mass is 415 g/mol. The maximum atomic E-state index is 12.8. The number of H-pyrrole nitrogens is 1. The molecule has 1 aliphatic heterocycles. The average Bonchev–Trinajstić information content (AvgIpc) is 3.07. The number of thioether (sulfide) groups is 1.